The summed E-state index contributed by atoms with van der Waals surface area (Å²) in [7, 11) is 1.62. The fourth-order valence-corrected chi connectivity index (χ4v) is 3.55. The van der Waals surface area contributed by atoms with Crippen molar-refractivity contribution < 1.29 is 23.8 Å². The van der Waals surface area contributed by atoms with Gasteiger partial charge in [-0.25, -0.2) is 4.79 Å². The molecule has 1 amide bonds. The van der Waals surface area contributed by atoms with Gasteiger partial charge in [0.15, 0.2) is 0 Å². The van der Waals surface area contributed by atoms with Gasteiger partial charge in [0.05, 0.1) is 19.1 Å². The number of piperidine rings is 1. The van der Waals surface area contributed by atoms with E-state index in [0.717, 1.165) is 11.3 Å². The summed E-state index contributed by atoms with van der Waals surface area (Å²) >= 11 is 0. The van der Waals surface area contributed by atoms with E-state index in [4.69, 9.17) is 14.2 Å². The molecule has 1 aromatic carbocycles. The maximum atomic E-state index is 12.9. The molecule has 1 aromatic rings. The number of benzene rings is 1. The average Bonchev–Trinajstić information content (AvgIpc) is 2.60. The van der Waals surface area contributed by atoms with Crippen LogP contribution in [0.25, 0.3) is 0 Å². The number of ether oxygens (including phenoxy) is 3. The Bertz CT molecular complexity index is 664. The fourth-order valence-electron chi connectivity index (χ4n) is 3.55. The van der Waals surface area contributed by atoms with Crippen LogP contribution in [0.3, 0.4) is 0 Å². The molecule has 0 spiro atoms. The van der Waals surface area contributed by atoms with Crippen molar-refractivity contribution in [1.82, 2.24) is 4.90 Å². The second-order valence-corrected chi connectivity index (χ2v) is 8.15. The summed E-state index contributed by atoms with van der Waals surface area (Å²) in [5, 5.41) is 0. The Morgan fingerprint density at radius 2 is 1.85 bits per heavy atom. The summed E-state index contributed by atoms with van der Waals surface area (Å²) in [6, 6.07) is 7.73. The Kier molecular flexibility index (Phi) is 6.39. The molecule has 2 atom stereocenters. The highest BCUT2D eigenvalue weighted by Crippen LogP contribution is 2.44. The minimum absolute atomic E-state index is 0.0545. The lowest BCUT2D eigenvalue weighted by molar-refractivity contribution is -0.159. The lowest BCUT2D eigenvalue weighted by atomic mass is 9.69. The molecular formula is C21H31NO5. The van der Waals surface area contributed by atoms with Crippen molar-refractivity contribution in [2.75, 3.05) is 26.8 Å². The Morgan fingerprint density at radius 3 is 2.37 bits per heavy atom. The highest BCUT2D eigenvalue weighted by atomic mass is 16.6. The highest BCUT2D eigenvalue weighted by Gasteiger charge is 2.49. The Morgan fingerprint density at radius 1 is 1.22 bits per heavy atom. The second-order valence-electron chi connectivity index (χ2n) is 8.15. The predicted molar refractivity (Wildman–Crippen MR) is 103 cm³/mol. The first kappa shape index (κ1) is 21.1. The van der Waals surface area contributed by atoms with Gasteiger partial charge in [0.25, 0.3) is 0 Å². The molecule has 2 rings (SSSR count). The fraction of sp³-hybridized carbons (Fsp3) is 0.619. The van der Waals surface area contributed by atoms with Crippen LogP contribution in [0.15, 0.2) is 24.3 Å². The van der Waals surface area contributed by atoms with Gasteiger partial charge in [-0.2, -0.15) is 0 Å². The predicted octanol–water partition coefficient (Wildman–Crippen LogP) is 3.99. The zero-order chi connectivity index (χ0) is 20.2. The molecule has 150 valence electrons. The van der Waals surface area contributed by atoms with Gasteiger partial charge in [-0.1, -0.05) is 12.1 Å². The minimum atomic E-state index is -0.847. The number of amides is 1. The molecule has 1 fully saturated rings. The summed E-state index contributed by atoms with van der Waals surface area (Å²) in [5.41, 5.74) is -0.389. The number of rotatable bonds is 4. The second kappa shape index (κ2) is 8.19. The smallest absolute Gasteiger partial charge is 0.410 e. The van der Waals surface area contributed by atoms with Crippen LogP contribution in [-0.2, 0) is 14.3 Å². The number of hydrogen-bond donors (Lipinski definition) is 0. The van der Waals surface area contributed by atoms with E-state index in [2.05, 4.69) is 0 Å². The lowest BCUT2D eigenvalue weighted by Crippen LogP contribution is -2.53. The maximum Gasteiger partial charge on any atom is 0.410 e. The first-order valence-electron chi connectivity index (χ1n) is 9.40. The first-order chi connectivity index (χ1) is 12.6. The van der Waals surface area contributed by atoms with Crippen molar-refractivity contribution in [3.63, 3.8) is 0 Å². The molecule has 0 radical (unpaired) electrons. The topological polar surface area (TPSA) is 65.1 Å². The number of esters is 1. The number of methoxy groups -OCH3 is 1. The molecule has 0 unspecified atom stereocenters. The molecule has 0 aromatic heterocycles. The van der Waals surface area contributed by atoms with Gasteiger partial charge in [0.2, 0.25) is 0 Å². The van der Waals surface area contributed by atoms with Crippen LogP contribution in [0.1, 0.15) is 52.5 Å². The zero-order valence-electron chi connectivity index (χ0n) is 17.2. The molecule has 0 N–H and O–H groups in total. The van der Waals surface area contributed by atoms with Crippen molar-refractivity contribution in [3.8, 4) is 5.75 Å². The van der Waals surface area contributed by atoms with Crippen molar-refractivity contribution in [1.29, 1.82) is 0 Å². The lowest BCUT2D eigenvalue weighted by Gasteiger charge is -2.44. The zero-order valence-corrected chi connectivity index (χ0v) is 17.2. The van der Waals surface area contributed by atoms with E-state index in [9.17, 15) is 9.59 Å². The summed E-state index contributed by atoms with van der Waals surface area (Å²) in [4.78, 5) is 27.0. The molecule has 6 nitrogen and oxygen atoms in total. The average molecular weight is 377 g/mol. The van der Waals surface area contributed by atoms with E-state index in [-0.39, 0.29) is 18.4 Å². The standard InChI is InChI=1S/C21H31NO5/c1-7-26-18(23)21(5)14-22(19(24)27-20(2,3)4)13-12-17(21)15-8-10-16(25-6)11-9-15/h8-11,17H,7,12-14H2,1-6H3/t17-,21-/m0/s1. The van der Waals surface area contributed by atoms with E-state index in [1.165, 1.54) is 0 Å². The summed E-state index contributed by atoms with van der Waals surface area (Å²) in [6.45, 7) is 10.3. The molecule has 27 heavy (non-hydrogen) atoms. The van der Waals surface area contributed by atoms with Crippen LogP contribution < -0.4 is 4.74 Å². The maximum absolute atomic E-state index is 12.9. The van der Waals surface area contributed by atoms with Crippen LogP contribution in [0.2, 0.25) is 0 Å². The van der Waals surface area contributed by atoms with E-state index in [1.54, 1.807) is 18.9 Å². The van der Waals surface area contributed by atoms with Crippen LogP contribution in [-0.4, -0.2) is 49.4 Å². The Balaban J connectivity index is 2.29. The minimum Gasteiger partial charge on any atom is -0.497 e. The summed E-state index contributed by atoms with van der Waals surface area (Å²) in [5.74, 6) is 0.419. The SMILES string of the molecule is CCOC(=O)[C@@]1(C)CN(C(=O)OC(C)(C)C)CC[C@H]1c1ccc(OC)cc1. The largest absolute Gasteiger partial charge is 0.497 e. The quantitative estimate of drug-likeness (QED) is 0.743. The van der Waals surface area contributed by atoms with Crippen LogP contribution >= 0.6 is 0 Å². The monoisotopic (exact) mass is 377 g/mol. The number of hydrogen-bond acceptors (Lipinski definition) is 5. The van der Waals surface area contributed by atoms with Gasteiger partial charge in [0.1, 0.15) is 11.4 Å². The molecule has 1 aliphatic heterocycles. The third kappa shape index (κ3) is 4.93. The number of likely N-dealkylation sites (tertiary alicyclic amines) is 1. The van der Waals surface area contributed by atoms with Gasteiger partial charge < -0.3 is 19.1 Å². The Labute approximate surface area is 161 Å². The third-order valence-corrected chi connectivity index (χ3v) is 4.89. The van der Waals surface area contributed by atoms with Gasteiger partial charge in [-0.3, -0.25) is 4.79 Å². The van der Waals surface area contributed by atoms with Crippen molar-refractivity contribution in [3.05, 3.63) is 29.8 Å². The van der Waals surface area contributed by atoms with Gasteiger partial charge in [-0.05, 0) is 58.7 Å². The van der Waals surface area contributed by atoms with E-state index < -0.39 is 17.1 Å². The van der Waals surface area contributed by atoms with E-state index in [1.807, 2.05) is 52.0 Å². The van der Waals surface area contributed by atoms with E-state index >= 15 is 0 Å². The summed E-state index contributed by atoms with van der Waals surface area (Å²) in [6.07, 6.45) is 0.257. The normalized spacial score (nSPS) is 22.9. The molecule has 0 aliphatic carbocycles. The van der Waals surface area contributed by atoms with Gasteiger partial charge in [-0.15, -0.1) is 0 Å². The number of carbonyl (C=O) groups is 2. The van der Waals surface area contributed by atoms with E-state index in [0.29, 0.717) is 19.6 Å². The molecular weight excluding hydrogens is 346 g/mol. The van der Waals surface area contributed by atoms with Gasteiger partial charge >= 0.3 is 12.1 Å². The Hall–Kier alpha value is -2.24. The van der Waals surface area contributed by atoms with Crippen molar-refractivity contribution in [2.24, 2.45) is 5.41 Å². The van der Waals surface area contributed by atoms with Crippen molar-refractivity contribution in [2.45, 2.75) is 52.6 Å². The molecule has 0 saturated carbocycles. The van der Waals surface area contributed by atoms with Crippen LogP contribution in [0, 0.1) is 5.41 Å². The number of nitrogens with zero attached hydrogens (tertiary/aromatic N) is 1. The molecule has 1 heterocycles. The van der Waals surface area contributed by atoms with Crippen LogP contribution in [0.5, 0.6) is 5.75 Å². The molecule has 1 aliphatic rings. The van der Waals surface area contributed by atoms with Crippen LogP contribution in [0.4, 0.5) is 4.79 Å². The highest BCUT2D eigenvalue weighted by molar-refractivity contribution is 5.80. The van der Waals surface area contributed by atoms with Crippen molar-refractivity contribution >= 4 is 12.1 Å². The molecule has 1 saturated heterocycles. The first-order valence-corrected chi connectivity index (χ1v) is 9.40. The molecule has 6 heteroatoms. The third-order valence-electron chi connectivity index (χ3n) is 4.89. The van der Waals surface area contributed by atoms with Gasteiger partial charge in [0, 0.05) is 19.0 Å². The molecule has 0 bridgehead atoms. The number of carbonyl (C=O) groups excluding carboxylic acids is 2. The summed E-state index contributed by atoms with van der Waals surface area (Å²) < 4.78 is 16.1.